The Morgan fingerprint density at radius 3 is 2.59 bits per heavy atom. The summed E-state index contributed by atoms with van der Waals surface area (Å²) in [6.45, 7) is 0.748. The maximum absolute atomic E-state index is 12.5. The van der Waals surface area contributed by atoms with Crippen LogP contribution < -0.4 is 16.0 Å². The molecule has 1 heterocycles. The minimum atomic E-state index is -3.54. The molecule has 0 unspecified atom stereocenters. The van der Waals surface area contributed by atoms with E-state index in [1.54, 1.807) is 0 Å². The van der Waals surface area contributed by atoms with Crippen molar-refractivity contribution in [1.82, 2.24) is 9.73 Å². The quantitative estimate of drug-likeness (QED) is 0.468. The molecular weight excluding hydrogens is 330 g/mol. The van der Waals surface area contributed by atoms with Crippen LogP contribution in [-0.4, -0.2) is 38.3 Å². The van der Waals surface area contributed by atoms with E-state index in [4.69, 9.17) is 22.2 Å². The third-order valence-corrected chi connectivity index (χ3v) is 5.57. The van der Waals surface area contributed by atoms with E-state index in [0.29, 0.717) is 13.1 Å². The van der Waals surface area contributed by atoms with E-state index < -0.39 is 15.9 Å². The Morgan fingerprint density at radius 2 is 2.00 bits per heavy atom. The van der Waals surface area contributed by atoms with E-state index in [-0.39, 0.29) is 22.3 Å². The van der Waals surface area contributed by atoms with Crippen molar-refractivity contribution >= 4 is 27.5 Å². The third kappa shape index (κ3) is 3.89. The number of hydrogen-bond donors (Lipinski definition) is 2. The summed E-state index contributed by atoms with van der Waals surface area (Å²) >= 11 is 6.03. The molecule has 1 saturated heterocycles. The van der Waals surface area contributed by atoms with Gasteiger partial charge in [0, 0.05) is 13.1 Å². The third-order valence-electron chi connectivity index (χ3n) is 3.38. The number of amides is 1. The lowest BCUT2D eigenvalue weighted by atomic mass is 10.2. The molecule has 0 atom stereocenters. The molecule has 22 heavy (non-hydrogen) atoms. The number of sulfonamides is 1. The number of piperidine rings is 1. The number of ether oxygens (including phenoxy) is 1. The largest absolute Gasteiger partial charge is 0.482 e. The first-order chi connectivity index (χ1) is 10.4. The van der Waals surface area contributed by atoms with Gasteiger partial charge in [-0.05, 0) is 31.0 Å². The SMILES string of the molecule is NNC(=O)COc1ccc(S(=O)(=O)N2CCCCC2)cc1Cl. The molecule has 0 spiro atoms. The Hall–Kier alpha value is -1.35. The zero-order valence-electron chi connectivity index (χ0n) is 11.9. The van der Waals surface area contributed by atoms with Crippen molar-refractivity contribution in [2.24, 2.45) is 5.84 Å². The van der Waals surface area contributed by atoms with Crippen molar-refractivity contribution in [2.45, 2.75) is 24.2 Å². The number of hydrazine groups is 1. The molecule has 122 valence electrons. The Kier molecular flexibility index (Phi) is 5.63. The average Bonchev–Trinajstić information content (AvgIpc) is 2.54. The highest BCUT2D eigenvalue weighted by molar-refractivity contribution is 7.89. The summed E-state index contributed by atoms with van der Waals surface area (Å²) in [4.78, 5) is 11.1. The molecule has 9 heteroatoms. The highest BCUT2D eigenvalue weighted by atomic mass is 35.5. The van der Waals surface area contributed by atoms with Crippen molar-refractivity contribution in [1.29, 1.82) is 0 Å². The Morgan fingerprint density at radius 1 is 1.32 bits per heavy atom. The van der Waals surface area contributed by atoms with Gasteiger partial charge in [0.25, 0.3) is 5.91 Å². The molecule has 1 fully saturated rings. The Bertz CT molecular complexity index is 645. The van der Waals surface area contributed by atoms with Crippen molar-refractivity contribution in [2.75, 3.05) is 19.7 Å². The zero-order valence-corrected chi connectivity index (χ0v) is 13.5. The lowest BCUT2D eigenvalue weighted by molar-refractivity contribution is -0.123. The summed E-state index contributed by atoms with van der Waals surface area (Å²) in [6, 6.07) is 4.19. The summed E-state index contributed by atoms with van der Waals surface area (Å²) < 4.78 is 31.7. The predicted molar refractivity (Wildman–Crippen MR) is 81.9 cm³/mol. The van der Waals surface area contributed by atoms with Crippen LogP contribution in [-0.2, 0) is 14.8 Å². The van der Waals surface area contributed by atoms with Crippen LogP contribution in [0.1, 0.15) is 19.3 Å². The minimum absolute atomic E-state index is 0.120. The van der Waals surface area contributed by atoms with Gasteiger partial charge >= 0.3 is 0 Å². The Balaban J connectivity index is 2.15. The molecule has 0 radical (unpaired) electrons. The van der Waals surface area contributed by atoms with Gasteiger partial charge in [0.1, 0.15) is 5.75 Å². The molecule has 0 aliphatic carbocycles. The number of nitrogens with one attached hydrogen (secondary N) is 1. The molecule has 0 aromatic heterocycles. The van der Waals surface area contributed by atoms with Crippen LogP contribution in [0.25, 0.3) is 0 Å². The highest BCUT2D eigenvalue weighted by Gasteiger charge is 2.26. The maximum atomic E-state index is 12.5. The number of benzene rings is 1. The van der Waals surface area contributed by atoms with E-state index in [2.05, 4.69) is 0 Å². The fraction of sp³-hybridized carbons (Fsp3) is 0.462. The predicted octanol–water partition coefficient (Wildman–Crippen LogP) is 0.883. The first-order valence-corrected chi connectivity index (χ1v) is 8.69. The normalized spacial score (nSPS) is 16.3. The fourth-order valence-corrected chi connectivity index (χ4v) is 4.04. The van der Waals surface area contributed by atoms with Crippen molar-refractivity contribution in [3.8, 4) is 5.75 Å². The lowest BCUT2D eigenvalue weighted by Crippen LogP contribution is -2.35. The first-order valence-electron chi connectivity index (χ1n) is 6.87. The number of nitrogens with two attached hydrogens (primary N) is 1. The van der Waals surface area contributed by atoms with Crippen molar-refractivity contribution in [3.05, 3.63) is 23.2 Å². The van der Waals surface area contributed by atoms with Gasteiger partial charge in [0.15, 0.2) is 6.61 Å². The lowest BCUT2D eigenvalue weighted by Gasteiger charge is -2.26. The standard InChI is InChI=1S/C13H18ClN3O4S/c14-11-8-10(4-5-12(11)21-9-13(18)16-15)22(19,20)17-6-2-1-3-7-17/h4-5,8H,1-3,6-7,9,15H2,(H,16,18). The highest BCUT2D eigenvalue weighted by Crippen LogP contribution is 2.29. The van der Waals surface area contributed by atoms with E-state index in [9.17, 15) is 13.2 Å². The molecule has 3 N–H and O–H groups in total. The van der Waals surface area contributed by atoms with Crippen LogP contribution in [0.5, 0.6) is 5.75 Å². The van der Waals surface area contributed by atoms with E-state index in [1.807, 2.05) is 5.43 Å². The summed E-state index contributed by atoms with van der Waals surface area (Å²) in [5.41, 5.74) is 1.92. The number of carbonyl (C=O) groups excluding carboxylic acids is 1. The number of carbonyl (C=O) groups is 1. The first kappa shape index (κ1) is 17.0. The molecule has 1 aromatic rings. The number of nitrogens with zero attached hydrogens (tertiary/aromatic N) is 1. The van der Waals surface area contributed by atoms with Gasteiger partial charge in [-0.2, -0.15) is 4.31 Å². The van der Waals surface area contributed by atoms with Crippen LogP contribution in [0.15, 0.2) is 23.1 Å². The molecule has 1 aliphatic heterocycles. The maximum Gasteiger partial charge on any atom is 0.271 e. The molecule has 1 aromatic carbocycles. The second-order valence-electron chi connectivity index (χ2n) is 4.91. The van der Waals surface area contributed by atoms with Gasteiger partial charge in [0.2, 0.25) is 10.0 Å². The second kappa shape index (κ2) is 7.28. The van der Waals surface area contributed by atoms with Crippen LogP contribution in [0.3, 0.4) is 0 Å². The van der Waals surface area contributed by atoms with E-state index in [0.717, 1.165) is 19.3 Å². The summed E-state index contributed by atoms with van der Waals surface area (Å²) in [7, 11) is -3.54. The number of hydrogen-bond acceptors (Lipinski definition) is 5. The number of rotatable bonds is 5. The van der Waals surface area contributed by atoms with Gasteiger partial charge < -0.3 is 4.74 Å². The van der Waals surface area contributed by atoms with E-state index >= 15 is 0 Å². The molecular formula is C13H18ClN3O4S. The molecule has 0 saturated carbocycles. The van der Waals surface area contributed by atoms with Gasteiger partial charge in [-0.1, -0.05) is 18.0 Å². The average molecular weight is 348 g/mol. The van der Waals surface area contributed by atoms with Crippen molar-refractivity contribution in [3.63, 3.8) is 0 Å². The topological polar surface area (TPSA) is 102 Å². The van der Waals surface area contributed by atoms with Gasteiger partial charge in [-0.25, -0.2) is 14.3 Å². The van der Waals surface area contributed by atoms with Gasteiger partial charge in [-0.3, -0.25) is 10.2 Å². The monoisotopic (exact) mass is 347 g/mol. The van der Waals surface area contributed by atoms with E-state index in [1.165, 1.54) is 22.5 Å². The van der Waals surface area contributed by atoms with Gasteiger partial charge in [0.05, 0.1) is 9.92 Å². The van der Waals surface area contributed by atoms with Crippen LogP contribution >= 0.6 is 11.6 Å². The van der Waals surface area contributed by atoms with Crippen LogP contribution in [0.4, 0.5) is 0 Å². The fourth-order valence-electron chi connectivity index (χ4n) is 2.20. The molecule has 0 bridgehead atoms. The minimum Gasteiger partial charge on any atom is -0.482 e. The summed E-state index contributed by atoms with van der Waals surface area (Å²) in [5, 5.41) is 0.128. The second-order valence-corrected chi connectivity index (χ2v) is 7.26. The number of halogens is 1. The summed E-state index contributed by atoms with van der Waals surface area (Å²) in [6.07, 6.45) is 2.77. The molecule has 7 nitrogen and oxygen atoms in total. The molecule has 1 amide bonds. The van der Waals surface area contributed by atoms with Gasteiger partial charge in [-0.15, -0.1) is 0 Å². The molecule has 1 aliphatic rings. The summed E-state index contributed by atoms with van der Waals surface area (Å²) in [5.74, 6) is 4.65. The zero-order chi connectivity index (χ0) is 16.2. The molecule has 2 rings (SSSR count). The van der Waals surface area contributed by atoms with Crippen LogP contribution in [0.2, 0.25) is 5.02 Å². The van der Waals surface area contributed by atoms with Crippen LogP contribution in [0, 0.1) is 0 Å². The Labute approximate surface area is 134 Å². The van der Waals surface area contributed by atoms with Crippen molar-refractivity contribution < 1.29 is 17.9 Å². The smallest absolute Gasteiger partial charge is 0.271 e.